The van der Waals surface area contributed by atoms with Gasteiger partial charge in [-0.1, -0.05) is 18.2 Å². The molecule has 2 aliphatic heterocycles. The molecule has 100 valence electrons. The van der Waals surface area contributed by atoms with Crippen molar-refractivity contribution in [2.24, 2.45) is 5.92 Å². The monoisotopic (exact) mass is 260 g/mol. The lowest BCUT2D eigenvalue weighted by molar-refractivity contribution is -0.146. The van der Waals surface area contributed by atoms with E-state index >= 15 is 0 Å². The van der Waals surface area contributed by atoms with E-state index in [2.05, 4.69) is 5.43 Å². The Morgan fingerprint density at radius 3 is 2.58 bits per heavy atom. The van der Waals surface area contributed by atoms with Crippen LogP contribution in [0.1, 0.15) is 19.3 Å². The number of hydrogen-bond acceptors (Lipinski definition) is 4. The molecule has 5 nitrogen and oxygen atoms in total. The Bertz CT molecular complexity index is 489. The molecular formula is C14H16N2O3. The van der Waals surface area contributed by atoms with Crippen LogP contribution in [0, 0.1) is 5.92 Å². The fourth-order valence-electron chi connectivity index (χ4n) is 2.66. The average Bonchev–Trinajstić information content (AvgIpc) is 2.86. The number of anilines is 1. The molecule has 2 unspecified atom stereocenters. The van der Waals surface area contributed by atoms with Gasteiger partial charge in [0.1, 0.15) is 6.10 Å². The third-order valence-electron chi connectivity index (χ3n) is 3.68. The molecule has 1 amide bonds. The van der Waals surface area contributed by atoms with Crippen LogP contribution in [-0.2, 0) is 14.3 Å². The first kappa shape index (κ1) is 12.0. The molecule has 2 atom stereocenters. The fourth-order valence-corrected chi connectivity index (χ4v) is 2.66. The molecule has 0 aliphatic carbocycles. The average molecular weight is 260 g/mol. The van der Waals surface area contributed by atoms with Crippen LogP contribution in [0.4, 0.5) is 5.69 Å². The van der Waals surface area contributed by atoms with Gasteiger partial charge in [-0.25, -0.2) is 0 Å². The lowest BCUT2D eigenvalue weighted by atomic mass is 9.94. The van der Waals surface area contributed by atoms with Crippen LogP contribution in [-0.4, -0.2) is 24.5 Å². The molecule has 0 spiro atoms. The van der Waals surface area contributed by atoms with E-state index in [1.54, 1.807) is 0 Å². The Morgan fingerprint density at radius 2 is 1.95 bits per heavy atom. The van der Waals surface area contributed by atoms with E-state index in [4.69, 9.17) is 4.74 Å². The number of carbonyl (C=O) groups excluding carboxylic acids is 2. The number of amides is 1. The minimum Gasteiger partial charge on any atom is -0.461 e. The summed E-state index contributed by atoms with van der Waals surface area (Å²) in [6.45, 7) is 0.731. The minimum atomic E-state index is -0.245. The highest BCUT2D eigenvalue weighted by Crippen LogP contribution is 2.27. The summed E-state index contributed by atoms with van der Waals surface area (Å²) in [6, 6.07) is 9.72. The molecule has 2 fully saturated rings. The van der Waals surface area contributed by atoms with Crippen molar-refractivity contribution in [3.63, 3.8) is 0 Å². The topological polar surface area (TPSA) is 58.6 Å². The van der Waals surface area contributed by atoms with Crippen molar-refractivity contribution >= 4 is 17.6 Å². The maximum atomic E-state index is 12.1. The Morgan fingerprint density at radius 1 is 1.16 bits per heavy atom. The first-order valence-corrected chi connectivity index (χ1v) is 6.56. The number of hydrazine groups is 1. The molecular weight excluding hydrogens is 244 g/mol. The standard InChI is InChI=1S/C14H16N2O3/c17-13-7-6-12(19-13)11-8-9-16(15-14(11)18)10-4-2-1-3-5-10/h1-5,11-12H,6-9H2,(H,15,18). The van der Waals surface area contributed by atoms with Crippen molar-refractivity contribution in [1.29, 1.82) is 0 Å². The summed E-state index contributed by atoms with van der Waals surface area (Å²) in [5, 5.41) is 1.84. The number of benzene rings is 1. The quantitative estimate of drug-likeness (QED) is 0.813. The number of rotatable bonds is 2. The van der Waals surface area contributed by atoms with Crippen LogP contribution in [0.2, 0.25) is 0 Å². The van der Waals surface area contributed by atoms with Gasteiger partial charge in [0, 0.05) is 13.0 Å². The van der Waals surface area contributed by atoms with Crippen molar-refractivity contribution in [1.82, 2.24) is 5.43 Å². The highest BCUT2D eigenvalue weighted by atomic mass is 16.5. The number of ether oxygens (including phenoxy) is 1. The Balaban J connectivity index is 1.66. The van der Waals surface area contributed by atoms with Crippen LogP contribution < -0.4 is 10.4 Å². The highest BCUT2D eigenvalue weighted by molar-refractivity contribution is 5.83. The fraction of sp³-hybridized carbons (Fsp3) is 0.429. The van der Waals surface area contributed by atoms with E-state index in [1.165, 1.54) is 0 Å². The summed E-state index contributed by atoms with van der Waals surface area (Å²) in [6.07, 6.45) is 1.54. The minimum absolute atomic E-state index is 0.0604. The van der Waals surface area contributed by atoms with Crippen LogP contribution in [0.5, 0.6) is 0 Å². The molecule has 1 aromatic rings. The molecule has 3 rings (SSSR count). The first-order valence-electron chi connectivity index (χ1n) is 6.56. The molecule has 5 heteroatoms. The Kier molecular flexibility index (Phi) is 3.11. The van der Waals surface area contributed by atoms with Crippen molar-refractivity contribution in [2.45, 2.75) is 25.4 Å². The van der Waals surface area contributed by atoms with Gasteiger partial charge < -0.3 is 4.74 Å². The highest BCUT2D eigenvalue weighted by Gasteiger charge is 2.38. The molecule has 0 aromatic heterocycles. The first-order chi connectivity index (χ1) is 9.24. The van der Waals surface area contributed by atoms with Gasteiger partial charge in [-0.2, -0.15) is 0 Å². The second-order valence-electron chi connectivity index (χ2n) is 4.93. The maximum absolute atomic E-state index is 12.1. The van der Waals surface area contributed by atoms with E-state index in [0.29, 0.717) is 19.3 Å². The zero-order valence-corrected chi connectivity index (χ0v) is 10.5. The Hall–Kier alpha value is -2.04. The molecule has 0 radical (unpaired) electrons. The molecule has 1 N–H and O–H groups in total. The summed E-state index contributed by atoms with van der Waals surface area (Å²) in [5.74, 6) is -0.468. The third-order valence-corrected chi connectivity index (χ3v) is 3.68. The molecule has 0 bridgehead atoms. The van der Waals surface area contributed by atoms with Gasteiger partial charge in [-0.05, 0) is 25.0 Å². The van der Waals surface area contributed by atoms with Crippen LogP contribution in [0.3, 0.4) is 0 Å². The molecule has 2 saturated heterocycles. The zero-order chi connectivity index (χ0) is 13.2. The number of hydrogen-bond donors (Lipinski definition) is 1. The summed E-state index contributed by atoms with van der Waals surface area (Å²) in [7, 11) is 0. The normalized spacial score (nSPS) is 27.1. The molecule has 2 heterocycles. The van der Waals surface area contributed by atoms with Gasteiger partial charge in [0.05, 0.1) is 11.6 Å². The maximum Gasteiger partial charge on any atom is 0.306 e. The van der Waals surface area contributed by atoms with Gasteiger partial charge in [-0.15, -0.1) is 0 Å². The number of esters is 1. The largest absolute Gasteiger partial charge is 0.461 e. The van der Waals surface area contributed by atoms with Gasteiger partial charge in [0.15, 0.2) is 0 Å². The number of nitrogens with one attached hydrogen (secondary N) is 1. The van der Waals surface area contributed by atoms with Gasteiger partial charge in [0.25, 0.3) is 0 Å². The van der Waals surface area contributed by atoms with Gasteiger partial charge >= 0.3 is 5.97 Å². The van der Waals surface area contributed by atoms with Crippen LogP contribution in [0.25, 0.3) is 0 Å². The van der Waals surface area contributed by atoms with Crippen molar-refractivity contribution in [3.8, 4) is 0 Å². The summed E-state index contributed by atoms with van der Waals surface area (Å²) < 4.78 is 5.19. The van der Waals surface area contributed by atoms with E-state index in [1.807, 2.05) is 35.3 Å². The molecule has 0 saturated carbocycles. The number of nitrogens with zero attached hydrogens (tertiary/aromatic N) is 1. The van der Waals surface area contributed by atoms with Gasteiger partial charge in [-0.3, -0.25) is 20.0 Å². The number of para-hydroxylation sites is 1. The SMILES string of the molecule is O=C1CCC(C2CCN(c3ccccc3)NC2=O)O1. The zero-order valence-electron chi connectivity index (χ0n) is 10.5. The van der Waals surface area contributed by atoms with Crippen molar-refractivity contribution < 1.29 is 14.3 Å². The lowest BCUT2D eigenvalue weighted by Crippen LogP contribution is -2.53. The third kappa shape index (κ3) is 2.41. The predicted molar refractivity (Wildman–Crippen MR) is 69.2 cm³/mol. The molecule has 1 aromatic carbocycles. The van der Waals surface area contributed by atoms with E-state index in [-0.39, 0.29) is 23.9 Å². The van der Waals surface area contributed by atoms with E-state index in [9.17, 15) is 9.59 Å². The Labute approximate surface area is 111 Å². The van der Waals surface area contributed by atoms with Crippen molar-refractivity contribution in [2.75, 3.05) is 11.6 Å². The molecule has 2 aliphatic rings. The van der Waals surface area contributed by atoms with Crippen LogP contribution >= 0.6 is 0 Å². The second-order valence-corrected chi connectivity index (χ2v) is 4.93. The molecule has 19 heavy (non-hydrogen) atoms. The predicted octanol–water partition coefficient (Wildman–Crippen LogP) is 1.25. The lowest BCUT2D eigenvalue weighted by Gasteiger charge is -2.35. The van der Waals surface area contributed by atoms with E-state index in [0.717, 1.165) is 12.2 Å². The smallest absolute Gasteiger partial charge is 0.306 e. The van der Waals surface area contributed by atoms with Crippen LogP contribution in [0.15, 0.2) is 30.3 Å². The van der Waals surface area contributed by atoms with E-state index < -0.39 is 0 Å². The summed E-state index contributed by atoms with van der Waals surface area (Å²) >= 11 is 0. The second kappa shape index (κ2) is 4.91. The number of cyclic esters (lactones) is 1. The van der Waals surface area contributed by atoms with Gasteiger partial charge in [0.2, 0.25) is 5.91 Å². The summed E-state index contributed by atoms with van der Waals surface area (Å²) in [5.41, 5.74) is 3.85. The number of carbonyl (C=O) groups is 2. The summed E-state index contributed by atoms with van der Waals surface area (Å²) in [4.78, 5) is 23.3. The van der Waals surface area contributed by atoms with Crippen molar-refractivity contribution in [3.05, 3.63) is 30.3 Å².